The van der Waals surface area contributed by atoms with Gasteiger partial charge in [-0.25, -0.2) is 5.48 Å². The topological polar surface area (TPSA) is 38.3 Å². The predicted molar refractivity (Wildman–Crippen MR) is 30.0 cm³/mol. The Hall–Kier alpha value is -0.830. The summed E-state index contributed by atoms with van der Waals surface area (Å²) in [7, 11) is 1.39. The van der Waals surface area contributed by atoms with Gasteiger partial charge in [0.05, 0.1) is 7.11 Å². The van der Waals surface area contributed by atoms with E-state index in [9.17, 15) is 4.79 Å². The van der Waals surface area contributed by atoms with Gasteiger partial charge in [-0.2, -0.15) is 0 Å². The fraction of sp³-hybridized carbons (Fsp3) is 0.400. The molecule has 0 aliphatic carbocycles. The molecule has 3 heteroatoms. The van der Waals surface area contributed by atoms with Crippen LogP contribution in [0.25, 0.3) is 0 Å². The van der Waals surface area contributed by atoms with E-state index >= 15 is 0 Å². The number of rotatable bonds is 2. The summed E-state index contributed by atoms with van der Waals surface area (Å²) in [5.74, 6) is -0.241. The molecule has 0 fully saturated rings. The Morgan fingerprint density at radius 2 is 2.38 bits per heavy atom. The Bertz CT molecular complexity index is 98.6. The normalized spacial score (nSPS) is 9.75. The third-order valence-corrected chi connectivity index (χ3v) is 0.521. The highest BCUT2D eigenvalue weighted by Gasteiger charge is 1.86. The van der Waals surface area contributed by atoms with Gasteiger partial charge >= 0.3 is 0 Å². The Labute approximate surface area is 48.3 Å². The van der Waals surface area contributed by atoms with E-state index in [0.29, 0.717) is 0 Å². The number of nitrogens with one attached hydrogen (secondary N) is 1. The van der Waals surface area contributed by atoms with Gasteiger partial charge in [-0.15, -0.1) is 0 Å². The standard InChI is InChI=1S/C5H9NO2/c1-3-4-5(7)6-8-2/h3-4H,1-2H3,(H,6,7). The molecule has 0 aliphatic rings. The number of carbonyl (C=O) groups excluding carboxylic acids is 1. The minimum absolute atomic E-state index is 0.241. The third kappa shape index (κ3) is 3.36. The van der Waals surface area contributed by atoms with Crippen LogP contribution in [-0.4, -0.2) is 13.0 Å². The summed E-state index contributed by atoms with van der Waals surface area (Å²) < 4.78 is 0. The molecule has 1 N–H and O–H groups in total. The van der Waals surface area contributed by atoms with Gasteiger partial charge < -0.3 is 0 Å². The van der Waals surface area contributed by atoms with E-state index in [4.69, 9.17) is 0 Å². The number of hydrogen-bond acceptors (Lipinski definition) is 2. The van der Waals surface area contributed by atoms with Crippen LogP contribution in [0.1, 0.15) is 6.92 Å². The predicted octanol–water partition coefficient (Wildman–Crippen LogP) is 0.240. The number of carbonyl (C=O) groups is 1. The minimum Gasteiger partial charge on any atom is -0.277 e. The van der Waals surface area contributed by atoms with Gasteiger partial charge in [0, 0.05) is 6.08 Å². The SMILES string of the molecule is CC=CC(=O)NOC. The quantitative estimate of drug-likeness (QED) is 0.413. The van der Waals surface area contributed by atoms with Crippen LogP contribution in [0, 0.1) is 0 Å². The first-order chi connectivity index (χ1) is 3.81. The van der Waals surface area contributed by atoms with Crippen LogP contribution in [-0.2, 0) is 9.63 Å². The zero-order valence-corrected chi connectivity index (χ0v) is 4.97. The lowest BCUT2D eigenvalue weighted by Crippen LogP contribution is -2.18. The minimum atomic E-state index is -0.241. The first-order valence-corrected chi connectivity index (χ1v) is 2.27. The first-order valence-electron chi connectivity index (χ1n) is 2.27. The summed E-state index contributed by atoms with van der Waals surface area (Å²) in [4.78, 5) is 14.6. The van der Waals surface area contributed by atoms with E-state index in [1.165, 1.54) is 13.2 Å². The van der Waals surface area contributed by atoms with Crippen molar-refractivity contribution < 1.29 is 9.63 Å². The fourth-order valence-corrected chi connectivity index (χ4v) is 0.286. The molecule has 0 saturated carbocycles. The summed E-state index contributed by atoms with van der Waals surface area (Å²) in [6.07, 6.45) is 3.01. The highest BCUT2D eigenvalue weighted by molar-refractivity contribution is 5.86. The smallest absolute Gasteiger partial charge is 0.267 e. The van der Waals surface area contributed by atoms with Gasteiger partial charge in [0.2, 0.25) is 0 Å². The maximum Gasteiger partial charge on any atom is 0.267 e. The van der Waals surface area contributed by atoms with Crippen LogP contribution in [0.2, 0.25) is 0 Å². The molecule has 0 aromatic carbocycles. The zero-order chi connectivity index (χ0) is 6.41. The number of hydrogen-bond donors (Lipinski definition) is 1. The maximum absolute atomic E-state index is 10.3. The van der Waals surface area contributed by atoms with E-state index in [-0.39, 0.29) is 5.91 Å². The van der Waals surface area contributed by atoms with Crippen LogP contribution < -0.4 is 5.48 Å². The summed E-state index contributed by atoms with van der Waals surface area (Å²) in [5, 5.41) is 0. The Balaban J connectivity index is 3.33. The largest absolute Gasteiger partial charge is 0.277 e. The lowest BCUT2D eigenvalue weighted by atomic mass is 10.5. The fourth-order valence-electron chi connectivity index (χ4n) is 0.286. The average molecular weight is 115 g/mol. The van der Waals surface area contributed by atoms with Crippen molar-refractivity contribution in [3.05, 3.63) is 12.2 Å². The van der Waals surface area contributed by atoms with Crippen molar-refractivity contribution in [3.63, 3.8) is 0 Å². The summed E-state index contributed by atoms with van der Waals surface area (Å²) >= 11 is 0. The van der Waals surface area contributed by atoms with Crippen LogP contribution in [0.5, 0.6) is 0 Å². The van der Waals surface area contributed by atoms with E-state index in [2.05, 4.69) is 10.3 Å². The monoisotopic (exact) mass is 115 g/mol. The van der Waals surface area contributed by atoms with E-state index < -0.39 is 0 Å². The highest BCUT2D eigenvalue weighted by Crippen LogP contribution is 1.68. The number of allylic oxidation sites excluding steroid dienone is 1. The van der Waals surface area contributed by atoms with E-state index in [1.807, 2.05) is 0 Å². The zero-order valence-electron chi connectivity index (χ0n) is 4.97. The molecule has 0 rings (SSSR count). The molecule has 0 spiro atoms. The van der Waals surface area contributed by atoms with Crippen molar-refractivity contribution in [2.75, 3.05) is 7.11 Å². The van der Waals surface area contributed by atoms with Gasteiger partial charge in [-0.05, 0) is 6.92 Å². The molecule has 3 nitrogen and oxygen atoms in total. The Morgan fingerprint density at radius 1 is 1.75 bits per heavy atom. The van der Waals surface area contributed by atoms with Crippen molar-refractivity contribution >= 4 is 5.91 Å². The molecule has 8 heavy (non-hydrogen) atoms. The molecule has 0 aliphatic heterocycles. The van der Waals surface area contributed by atoms with Crippen LogP contribution in [0.3, 0.4) is 0 Å². The molecular weight excluding hydrogens is 106 g/mol. The van der Waals surface area contributed by atoms with Gasteiger partial charge in [0.1, 0.15) is 0 Å². The Kier molecular flexibility index (Phi) is 3.88. The molecule has 0 unspecified atom stereocenters. The third-order valence-electron chi connectivity index (χ3n) is 0.521. The molecule has 1 amide bonds. The summed E-state index contributed by atoms with van der Waals surface area (Å²) in [5.41, 5.74) is 2.12. The molecule has 0 atom stereocenters. The van der Waals surface area contributed by atoms with Crippen molar-refractivity contribution in [1.29, 1.82) is 0 Å². The average Bonchev–Trinajstić information content (AvgIpc) is 1.68. The number of hydroxylamine groups is 1. The second kappa shape index (κ2) is 4.33. The van der Waals surface area contributed by atoms with Crippen LogP contribution in [0.4, 0.5) is 0 Å². The number of amides is 1. The maximum atomic E-state index is 10.3. The summed E-state index contributed by atoms with van der Waals surface area (Å²) in [6, 6.07) is 0. The molecule has 0 saturated heterocycles. The van der Waals surface area contributed by atoms with E-state index in [1.54, 1.807) is 13.0 Å². The lowest BCUT2D eigenvalue weighted by Gasteiger charge is -1.92. The molecule has 0 heterocycles. The van der Waals surface area contributed by atoms with Gasteiger partial charge in [-0.3, -0.25) is 9.63 Å². The van der Waals surface area contributed by atoms with Crippen molar-refractivity contribution in [2.45, 2.75) is 6.92 Å². The van der Waals surface area contributed by atoms with Gasteiger partial charge in [0.25, 0.3) is 5.91 Å². The van der Waals surface area contributed by atoms with Crippen molar-refractivity contribution in [1.82, 2.24) is 5.48 Å². The van der Waals surface area contributed by atoms with Gasteiger partial charge in [-0.1, -0.05) is 6.08 Å². The molecule has 46 valence electrons. The highest BCUT2D eigenvalue weighted by atomic mass is 16.6. The second-order valence-electron chi connectivity index (χ2n) is 1.17. The van der Waals surface area contributed by atoms with Crippen LogP contribution >= 0.6 is 0 Å². The first kappa shape index (κ1) is 7.17. The molecule has 0 bridgehead atoms. The van der Waals surface area contributed by atoms with Crippen molar-refractivity contribution in [2.24, 2.45) is 0 Å². The Morgan fingerprint density at radius 3 is 2.75 bits per heavy atom. The molecule has 0 aromatic heterocycles. The molecule has 0 radical (unpaired) electrons. The van der Waals surface area contributed by atoms with Crippen LogP contribution in [0.15, 0.2) is 12.2 Å². The lowest BCUT2D eigenvalue weighted by molar-refractivity contribution is -0.126. The summed E-state index contributed by atoms with van der Waals surface area (Å²) in [6.45, 7) is 1.76. The van der Waals surface area contributed by atoms with E-state index in [0.717, 1.165) is 0 Å². The molecule has 0 aromatic rings. The van der Waals surface area contributed by atoms with Gasteiger partial charge in [0.15, 0.2) is 0 Å². The van der Waals surface area contributed by atoms with Crippen molar-refractivity contribution in [3.8, 4) is 0 Å². The molecular formula is C5H9NO2. The second-order valence-corrected chi connectivity index (χ2v) is 1.17.